The SMILES string of the molecule is CNCc1cc(N(C)CCC(F)(F)F)nc(C(C)(C)C)c1. The maximum absolute atomic E-state index is 12.3. The molecule has 1 aromatic rings. The first-order valence-electron chi connectivity index (χ1n) is 6.97. The standard InChI is InChI=1S/C15H24F3N3/c1-14(2,3)12-8-11(10-19-4)9-13(20-12)21(5)7-6-15(16,17)18/h8-9,19H,6-7,10H2,1-5H3. The van der Waals surface area contributed by atoms with E-state index < -0.39 is 12.6 Å². The molecule has 0 saturated carbocycles. The first-order valence-corrected chi connectivity index (χ1v) is 6.97. The molecular weight excluding hydrogens is 279 g/mol. The Morgan fingerprint density at radius 3 is 2.29 bits per heavy atom. The normalized spacial score (nSPS) is 12.6. The van der Waals surface area contributed by atoms with Crippen LogP contribution >= 0.6 is 0 Å². The number of nitrogens with zero attached hydrogens (tertiary/aromatic N) is 2. The molecular formula is C15H24F3N3. The summed E-state index contributed by atoms with van der Waals surface area (Å²) in [4.78, 5) is 6.08. The van der Waals surface area contributed by atoms with Crippen molar-refractivity contribution in [2.45, 2.75) is 45.3 Å². The van der Waals surface area contributed by atoms with Crippen LogP contribution in [0.1, 0.15) is 38.4 Å². The summed E-state index contributed by atoms with van der Waals surface area (Å²) in [6.07, 6.45) is -4.99. The number of hydrogen-bond acceptors (Lipinski definition) is 3. The van der Waals surface area contributed by atoms with Crippen molar-refractivity contribution in [1.29, 1.82) is 0 Å². The molecule has 0 aliphatic heterocycles. The van der Waals surface area contributed by atoms with Gasteiger partial charge in [-0.1, -0.05) is 20.8 Å². The van der Waals surface area contributed by atoms with Gasteiger partial charge in [0.2, 0.25) is 0 Å². The first kappa shape index (κ1) is 17.8. The van der Waals surface area contributed by atoms with Crippen molar-refractivity contribution in [3.8, 4) is 0 Å². The summed E-state index contributed by atoms with van der Waals surface area (Å²) in [5, 5.41) is 3.06. The summed E-state index contributed by atoms with van der Waals surface area (Å²) in [7, 11) is 3.48. The van der Waals surface area contributed by atoms with Crippen molar-refractivity contribution in [1.82, 2.24) is 10.3 Å². The van der Waals surface area contributed by atoms with Crippen molar-refractivity contribution >= 4 is 5.82 Å². The monoisotopic (exact) mass is 303 g/mol. The van der Waals surface area contributed by atoms with Crippen molar-refractivity contribution in [2.24, 2.45) is 0 Å². The van der Waals surface area contributed by atoms with Crippen LogP contribution in [-0.2, 0) is 12.0 Å². The van der Waals surface area contributed by atoms with E-state index in [4.69, 9.17) is 0 Å². The molecule has 0 spiro atoms. The second kappa shape index (κ2) is 6.64. The van der Waals surface area contributed by atoms with E-state index in [0.29, 0.717) is 12.4 Å². The molecule has 0 amide bonds. The molecule has 0 aliphatic rings. The van der Waals surface area contributed by atoms with Crippen LogP contribution in [0, 0.1) is 0 Å². The van der Waals surface area contributed by atoms with E-state index in [1.165, 1.54) is 0 Å². The van der Waals surface area contributed by atoms with Gasteiger partial charge >= 0.3 is 6.18 Å². The van der Waals surface area contributed by atoms with Gasteiger partial charge in [-0.2, -0.15) is 13.2 Å². The lowest BCUT2D eigenvalue weighted by Gasteiger charge is -2.24. The Labute approximate surface area is 124 Å². The predicted octanol–water partition coefficient (Wildman–Crippen LogP) is 3.49. The number of halogens is 3. The molecule has 0 atom stereocenters. The number of aromatic nitrogens is 1. The summed E-state index contributed by atoms with van der Waals surface area (Å²) < 4.78 is 37.0. The van der Waals surface area contributed by atoms with Crippen LogP contribution in [0.5, 0.6) is 0 Å². The zero-order chi connectivity index (χ0) is 16.3. The van der Waals surface area contributed by atoms with E-state index in [1.807, 2.05) is 40.0 Å². The largest absolute Gasteiger partial charge is 0.390 e. The quantitative estimate of drug-likeness (QED) is 0.902. The molecule has 6 heteroatoms. The van der Waals surface area contributed by atoms with Gasteiger partial charge in [0.15, 0.2) is 0 Å². The lowest BCUT2D eigenvalue weighted by Crippen LogP contribution is -2.26. The Hall–Kier alpha value is -1.30. The van der Waals surface area contributed by atoms with Crippen LogP contribution in [-0.4, -0.2) is 31.8 Å². The molecule has 0 aromatic carbocycles. The summed E-state index contributed by atoms with van der Waals surface area (Å²) in [6.45, 7) is 6.68. The number of nitrogens with one attached hydrogen (secondary N) is 1. The van der Waals surface area contributed by atoms with Crippen molar-refractivity contribution in [2.75, 3.05) is 25.5 Å². The van der Waals surface area contributed by atoms with E-state index >= 15 is 0 Å². The maximum Gasteiger partial charge on any atom is 0.390 e. The van der Waals surface area contributed by atoms with E-state index in [2.05, 4.69) is 10.3 Å². The van der Waals surface area contributed by atoms with Gasteiger partial charge in [-0.3, -0.25) is 0 Å². The third-order valence-corrected chi connectivity index (χ3v) is 3.14. The lowest BCUT2D eigenvalue weighted by atomic mass is 9.90. The number of alkyl halides is 3. The number of anilines is 1. The zero-order valence-electron chi connectivity index (χ0n) is 13.3. The predicted molar refractivity (Wildman–Crippen MR) is 79.6 cm³/mol. The van der Waals surface area contributed by atoms with Gasteiger partial charge in [-0.05, 0) is 24.7 Å². The average molecular weight is 303 g/mol. The van der Waals surface area contributed by atoms with E-state index in [9.17, 15) is 13.2 Å². The minimum Gasteiger partial charge on any atom is -0.359 e. The molecule has 0 radical (unpaired) electrons. The van der Waals surface area contributed by atoms with Gasteiger partial charge in [0.1, 0.15) is 5.82 Å². The highest BCUT2D eigenvalue weighted by Crippen LogP contribution is 2.26. The average Bonchev–Trinajstić information content (AvgIpc) is 2.34. The number of hydrogen-bond donors (Lipinski definition) is 1. The van der Waals surface area contributed by atoms with Gasteiger partial charge in [0.25, 0.3) is 0 Å². The lowest BCUT2D eigenvalue weighted by molar-refractivity contribution is -0.132. The minimum atomic E-state index is -4.15. The van der Waals surface area contributed by atoms with Gasteiger partial charge in [0.05, 0.1) is 6.42 Å². The molecule has 1 rings (SSSR count). The molecule has 0 aliphatic carbocycles. The Morgan fingerprint density at radius 2 is 1.81 bits per heavy atom. The third-order valence-electron chi connectivity index (χ3n) is 3.14. The zero-order valence-corrected chi connectivity index (χ0v) is 13.3. The third kappa shape index (κ3) is 5.91. The highest BCUT2D eigenvalue weighted by molar-refractivity contribution is 5.43. The van der Waals surface area contributed by atoms with Crippen molar-refractivity contribution in [3.63, 3.8) is 0 Å². The van der Waals surface area contributed by atoms with Gasteiger partial charge in [-0.25, -0.2) is 4.98 Å². The van der Waals surface area contributed by atoms with Crippen LogP contribution in [0.15, 0.2) is 12.1 Å². The fourth-order valence-electron chi connectivity index (χ4n) is 1.87. The molecule has 0 unspecified atom stereocenters. The molecule has 1 N–H and O–H groups in total. The smallest absolute Gasteiger partial charge is 0.359 e. The Balaban J connectivity index is 3.02. The van der Waals surface area contributed by atoms with Crippen LogP contribution in [0.25, 0.3) is 0 Å². The second-order valence-corrected chi connectivity index (χ2v) is 6.29. The topological polar surface area (TPSA) is 28.2 Å². The van der Waals surface area contributed by atoms with Crippen molar-refractivity contribution in [3.05, 3.63) is 23.4 Å². The van der Waals surface area contributed by atoms with Gasteiger partial charge in [-0.15, -0.1) is 0 Å². The molecule has 0 saturated heterocycles. The summed E-state index contributed by atoms with van der Waals surface area (Å²) in [5.74, 6) is 0.580. The molecule has 1 heterocycles. The summed E-state index contributed by atoms with van der Waals surface area (Å²) in [6, 6.07) is 3.83. The Bertz CT molecular complexity index is 464. The van der Waals surface area contributed by atoms with Crippen LogP contribution in [0.4, 0.5) is 19.0 Å². The number of rotatable bonds is 5. The second-order valence-electron chi connectivity index (χ2n) is 6.29. The van der Waals surface area contributed by atoms with E-state index in [0.717, 1.165) is 11.3 Å². The van der Waals surface area contributed by atoms with Crippen molar-refractivity contribution < 1.29 is 13.2 Å². The Kier molecular flexibility index (Phi) is 5.61. The highest BCUT2D eigenvalue weighted by atomic mass is 19.4. The van der Waals surface area contributed by atoms with Gasteiger partial charge in [0, 0.05) is 31.2 Å². The highest BCUT2D eigenvalue weighted by Gasteiger charge is 2.27. The van der Waals surface area contributed by atoms with E-state index in [1.54, 1.807) is 11.9 Å². The number of pyridine rings is 1. The van der Waals surface area contributed by atoms with Crippen LogP contribution in [0.3, 0.4) is 0 Å². The molecule has 21 heavy (non-hydrogen) atoms. The fourth-order valence-corrected chi connectivity index (χ4v) is 1.87. The molecule has 0 fully saturated rings. The fraction of sp³-hybridized carbons (Fsp3) is 0.667. The van der Waals surface area contributed by atoms with Crippen LogP contribution < -0.4 is 10.2 Å². The van der Waals surface area contributed by atoms with E-state index in [-0.39, 0.29) is 12.0 Å². The maximum atomic E-state index is 12.3. The minimum absolute atomic E-state index is 0.0942. The Morgan fingerprint density at radius 1 is 1.19 bits per heavy atom. The summed E-state index contributed by atoms with van der Waals surface area (Å²) in [5.41, 5.74) is 1.75. The summed E-state index contributed by atoms with van der Waals surface area (Å²) >= 11 is 0. The van der Waals surface area contributed by atoms with Gasteiger partial charge < -0.3 is 10.2 Å². The first-order chi connectivity index (χ1) is 9.53. The molecule has 1 aromatic heterocycles. The van der Waals surface area contributed by atoms with Crippen LogP contribution in [0.2, 0.25) is 0 Å². The molecule has 120 valence electrons. The molecule has 0 bridgehead atoms. The molecule has 3 nitrogen and oxygen atoms in total.